The fourth-order valence-corrected chi connectivity index (χ4v) is 2.76. The maximum atomic E-state index is 12.4. The van der Waals surface area contributed by atoms with Crippen LogP contribution in [0.1, 0.15) is 49.3 Å². The molecule has 1 amide bonds. The van der Waals surface area contributed by atoms with Crippen LogP contribution in [0.3, 0.4) is 0 Å². The predicted molar refractivity (Wildman–Crippen MR) is 85.2 cm³/mol. The molecule has 1 fully saturated rings. The zero-order chi connectivity index (χ0) is 15.9. The average Bonchev–Trinajstić information content (AvgIpc) is 2.98. The van der Waals surface area contributed by atoms with Crippen LogP contribution in [0.15, 0.2) is 6.20 Å². The van der Waals surface area contributed by atoms with E-state index in [9.17, 15) is 4.79 Å². The van der Waals surface area contributed by atoms with E-state index in [-0.39, 0.29) is 5.91 Å². The fourth-order valence-electron chi connectivity index (χ4n) is 2.76. The van der Waals surface area contributed by atoms with Gasteiger partial charge in [0.05, 0.1) is 6.61 Å². The Morgan fingerprint density at radius 2 is 2.32 bits per heavy atom. The summed E-state index contributed by atoms with van der Waals surface area (Å²) >= 11 is 0. The number of rotatable bonds is 7. The summed E-state index contributed by atoms with van der Waals surface area (Å²) in [5.74, 6) is 0.829. The van der Waals surface area contributed by atoms with E-state index >= 15 is 0 Å². The Hall–Kier alpha value is -1.69. The van der Waals surface area contributed by atoms with E-state index in [2.05, 4.69) is 27.1 Å². The van der Waals surface area contributed by atoms with E-state index in [4.69, 9.17) is 4.74 Å². The molecule has 1 N–H and O–H groups in total. The highest BCUT2D eigenvalue weighted by atomic mass is 16.5. The molecular weight excluding hydrogens is 280 g/mol. The summed E-state index contributed by atoms with van der Waals surface area (Å²) in [5.41, 5.74) is 0.417. The molecule has 2 heterocycles. The van der Waals surface area contributed by atoms with Crippen molar-refractivity contribution in [2.24, 2.45) is 0 Å². The topological polar surface area (TPSA) is 67.3 Å². The lowest BCUT2D eigenvalue weighted by Crippen LogP contribution is -2.40. The van der Waals surface area contributed by atoms with Crippen molar-refractivity contribution in [3.63, 3.8) is 0 Å². The minimum absolute atomic E-state index is 0.158. The number of carbonyl (C=O) groups is 1. The predicted octanol–water partition coefficient (Wildman–Crippen LogP) is 1.79. The molecule has 2 rings (SSSR count). The Bertz CT molecular complexity index is 507. The van der Waals surface area contributed by atoms with Gasteiger partial charge in [-0.15, -0.1) is 0 Å². The first-order chi connectivity index (χ1) is 10.7. The second kappa shape index (κ2) is 8.08. The molecule has 1 aliphatic heterocycles. The van der Waals surface area contributed by atoms with Crippen molar-refractivity contribution in [1.82, 2.24) is 20.2 Å². The third-order valence-corrected chi connectivity index (χ3v) is 3.97. The summed E-state index contributed by atoms with van der Waals surface area (Å²) in [6.45, 7) is 9.32. The lowest BCUT2D eigenvalue weighted by molar-refractivity contribution is 0.0935. The molecule has 0 radical (unpaired) electrons. The number of hydrogen-bond donors (Lipinski definition) is 1. The lowest BCUT2D eigenvalue weighted by atomic mass is 10.2. The standard InChI is InChI=1S/C16H26N4O2/c1-4-9-22-16-14(11-17-12(3)19-16)15(21)18-10-13-7-6-8-20(13)5-2/h11,13H,4-10H2,1-3H3,(H,18,21). The normalized spacial score (nSPS) is 18.4. The van der Waals surface area contributed by atoms with Gasteiger partial charge in [-0.05, 0) is 39.3 Å². The number of carbonyl (C=O) groups excluding carboxylic acids is 1. The minimum atomic E-state index is -0.158. The first kappa shape index (κ1) is 16.7. The SMILES string of the molecule is CCCOc1nc(C)ncc1C(=O)NCC1CCCN1CC. The molecule has 1 unspecified atom stereocenters. The third-order valence-electron chi connectivity index (χ3n) is 3.97. The van der Waals surface area contributed by atoms with Crippen molar-refractivity contribution in [1.29, 1.82) is 0 Å². The average molecular weight is 306 g/mol. The van der Waals surface area contributed by atoms with Gasteiger partial charge in [-0.2, -0.15) is 4.98 Å². The van der Waals surface area contributed by atoms with Gasteiger partial charge in [0.15, 0.2) is 0 Å². The van der Waals surface area contributed by atoms with E-state index in [0.717, 1.165) is 25.9 Å². The molecule has 122 valence electrons. The molecule has 0 spiro atoms. The number of nitrogens with zero attached hydrogens (tertiary/aromatic N) is 3. The molecule has 6 nitrogen and oxygen atoms in total. The summed E-state index contributed by atoms with van der Waals surface area (Å²) in [5, 5.41) is 3.00. The molecule has 6 heteroatoms. The van der Waals surface area contributed by atoms with Gasteiger partial charge in [0.25, 0.3) is 5.91 Å². The number of amides is 1. The van der Waals surface area contributed by atoms with Gasteiger partial charge in [0, 0.05) is 18.8 Å². The second-order valence-corrected chi connectivity index (χ2v) is 5.62. The van der Waals surface area contributed by atoms with Gasteiger partial charge >= 0.3 is 0 Å². The molecule has 1 aromatic heterocycles. The summed E-state index contributed by atoms with van der Waals surface area (Å²) < 4.78 is 5.58. The molecule has 0 bridgehead atoms. The smallest absolute Gasteiger partial charge is 0.258 e. The molecule has 0 aliphatic carbocycles. The van der Waals surface area contributed by atoms with Gasteiger partial charge in [0.1, 0.15) is 11.4 Å². The zero-order valence-electron chi connectivity index (χ0n) is 13.8. The van der Waals surface area contributed by atoms with Crippen LogP contribution in [0.5, 0.6) is 5.88 Å². The highest BCUT2D eigenvalue weighted by molar-refractivity contribution is 5.96. The Kier molecular flexibility index (Phi) is 6.12. The minimum Gasteiger partial charge on any atom is -0.477 e. The molecule has 1 aliphatic rings. The third kappa shape index (κ3) is 4.16. The van der Waals surface area contributed by atoms with Crippen LogP contribution >= 0.6 is 0 Å². The van der Waals surface area contributed by atoms with Crippen LogP contribution in [-0.2, 0) is 0 Å². The van der Waals surface area contributed by atoms with Crippen LogP contribution in [-0.4, -0.2) is 53.1 Å². The fraction of sp³-hybridized carbons (Fsp3) is 0.688. The summed E-state index contributed by atoms with van der Waals surface area (Å²) in [6, 6.07) is 0.431. The first-order valence-electron chi connectivity index (χ1n) is 8.14. The molecule has 0 aromatic carbocycles. The number of aromatic nitrogens is 2. The maximum absolute atomic E-state index is 12.4. The Morgan fingerprint density at radius 1 is 1.50 bits per heavy atom. The van der Waals surface area contributed by atoms with E-state index in [1.165, 1.54) is 6.42 Å². The number of likely N-dealkylation sites (tertiary alicyclic amines) is 1. The molecular formula is C16H26N4O2. The largest absolute Gasteiger partial charge is 0.477 e. The van der Waals surface area contributed by atoms with Crippen molar-refractivity contribution in [2.45, 2.75) is 46.1 Å². The molecule has 1 aromatic rings. The van der Waals surface area contributed by atoms with E-state index in [1.54, 1.807) is 13.1 Å². The van der Waals surface area contributed by atoms with Crippen LogP contribution in [0, 0.1) is 6.92 Å². The van der Waals surface area contributed by atoms with Crippen molar-refractivity contribution in [3.05, 3.63) is 17.6 Å². The number of nitrogens with one attached hydrogen (secondary N) is 1. The lowest BCUT2D eigenvalue weighted by Gasteiger charge is -2.23. The van der Waals surface area contributed by atoms with Crippen molar-refractivity contribution in [3.8, 4) is 5.88 Å². The van der Waals surface area contributed by atoms with E-state index < -0.39 is 0 Å². The first-order valence-corrected chi connectivity index (χ1v) is 8.14. The maximum Gasteiger partial charge on any atom is 0.258 e. The van der Waals surface area contributed by atoms with Crippen LogP contribution in [0.25, 0.3) is 0 Å². The summed E-state index contributed by atoms with van der Waals surface area (Å²) in [7, 11) is 0. The highest BCUT2D eigenvalue weighted by Crippen LogP contribution is 2.17. The van der Waals surface area contributed by atoms with Crippen molar-refractivity contribution < 1.29 is 9.53 Å². The zero-order valence-corrected chi connectivity index (χ0v) is 13.8. The van der Waals surface area contributed by atoms with Gasteiger partial charge in [-0.1, -0.05) is 13.8 Å². The Balaban J connectivity index is 1.99. The molecule has 1 atom stereocenters. The van der Waals surface area contributed by atoms with Crippen molar-refractivity contribution in [2.75, 3.05) is 26.2 Å². The molecule has 22 heavy (non-hydrogen) atoms. The summed E-state index contributed by atoms with van der Waals surface area (Å²) in [4.78, 5) is 23.2. The number of ether oxygens (including phenoxy) is 1. The number of aryl methyl sites for hydroxylation is 1. The Morgan fingerprint density at radius 3 is 3.05 bits per heavy atom. The van der Waals surface area contributed by atoms with Crippen LogP contribution in [0.4, 0.5) is 0 Å². The van der Waals surface area contributed by atoms with Crippen LogP contribution in [0.2, 0.25) is 0 Å². The molecule has 0 saturated carbocycles. The quantitative estimate of drug-likeness (QED) is 0.832. The second-order valence-electron chi connectivity index (χ2n) is 5.62. The Labute approximate surface area is 132 Å². The van der Waals surface area contributed by atoms with Gasteiger partial charge < -0.3 is 10.1 Å². The van der Waals surface area contributed by atoms with Crippen LogP contribution < -0.4 is 10.1 Å². The van der Waals surface area contributed by atoms with Crippen molar-refractivity contribution >= 4 is 5.91 Å². The van der Waals surface area contributed by atoms with Gasteiger partial charge in [0.2, 0.25) is 5.88 Å². The van der Waals surface area contributed by atoms with Gasteiger partial charge in [-0.3, -0.25) is 9.69 Å². The highest BCUT2D eigenvalue weighted by Gasteiger charge is 2.24. The summed E-state index contributed by atoms with van der Waals surface area (Å²) in [6.07, 6.45) is 4.76. The van der Waals surface area contributed by atoms with E-state index in [1.807, 2.05) is 6.92 Å². The number of hydrogen-bond acceptors (Lipinski definition) is 5. The van der Waals surface area contributed by atoms with E-state index in [0.29, 0.717) is 36.5 Å². The monoisotopic (exact) mass is 306 g/mol. The molecule has 1 saturated heterocycles. The number of likely N-dealkylation sites (N-methyl/N-ethyl adjacent to an activating group) is 1. The van der Waals surface area contributed by atoms with Gasteiger partial charge in [-0.25, -0.2) is 4.98 Å².